The van der Waals surface area contributed by atoms with E-state index in [-0.39, 0.29) is 18.3 Å². The van der Waals surface area contributed by atoms with Gasteiger partial charge in [-0.15, -0.1) is 10.2 Å². The fraction of sp³-hybridized carbons (Fsp3) is 0.316. The molecule has 30 heavy (non-hydrogen) atoms. The van der Waals surface area contributed by atoms with Crippen LogP contribution in [-0.4, -0.2) is 62.9 Å². The highest BCUT2D eigenvalue weighted by Crippen LogP contribution is 2.20. The number of carbonyl (C=O) groups is 1. The lowest BCUT2D eigenvalue weighted by Crippen LogP contribution is -2.49. The number of hydrogen-bond donors (Lipinski definition) is 0. The topological polar surface area (TPSA) is 97.5 Å². The van der Waals surface area contributed by atoms with E-state index in [1.807, 2.05) is 4.90 Å². The Morgan fingerprint density at radius 2 is 1.93 bits per heavy atom. The number of amides is 1. The first-order chi connectivity index (χ1) is 14.7. The van der Waals surface area contributed by atoms with E-state index in [9.17, 15) is 4.79 Å². The summed E-state index contributed by atoms with van der Waals surface area (Å²) in [5.74, 6) is 2.11. The van der Waals surface area contributed by atoms with Crippen LogP contribution in [0.2, 0.25) is 5.02 Å². The lowest BCUT2D eigenvalue weighted by Gasteiger charge is -2.35. The van der Waals surface area contributed by atoms with Crippen LogP contribution in [-0.2, 0) is 11.4 Å². The van der Waals surface area contributed by atoms with Crippen LogP contribution in [0.4, 0.5) is 5.82 Å². The number of thioether (sulfide) groups is 1. The van der Waals surface area contributed by atoms with Crippen LogP contribution in [0.15, 0.2) is 52.5 Å². The summed E-state index contributed by atoms with van der Waals surface area (Å²) in [4.78, 5) is 24.8. The molecule has 156 valence electrons. The van der Waals surface area contributed by atoms with Crippen molar-refractivity contribution >= 4 is 35.1 Å². The first-order valence-electron chi connectivity index (χ1n) is 9.29. The molecule has 0 atom stereocenters. The number of benzene rings is 1. The molecule has 1 aliphatic heterocycles. The molecule has 0 bridgehead atoms. The number of rotatable bonds is 7. The van der Waals surface area contributed by atoms with Crippen LogP contribution in [0.1, 0.15) is 5.89 Å². The van der Waals surface area contributed by atoms with Gasteiger partial charge in [-0.1, -0.05) is 23.4 Å². The predicted octanol–water partition coefficient (Wildman–Crippen LogP) is 2.53. The van der Waals surface area contributed by atoms with Crippen molar-refractivity contribution in [3.63, 3.8) is 0 Å². The fourth-order valence-corrected chi connectivity index (χ4v) is 3.69. The first-order valence-corrected chi connectivity index (χ1v) is 10.7. The summed E-state index contributed by atoms with van der Waals surface area (Å²) in [6, 6.07) is 7.00. The highest BCUT2D eigenvalue weighted by Gasteiger charge is 2.22. The standard InChI is InChI=1S/C19H19ClN6O3S/c20-14-1-3-15(4-2-14)28-12-17-23-24-19(29-17)30-13-18(27)26-9-7-25(8-10-26)16-11-21-5-6-22-16/h1-6,11H,7-10,12-13H2. The average Bonchev–Trinajstić information content (AvgIpc) is 3.26. The number of nitrogens with zero attached hydrogens (tertiary/aromatic N) is 6. The molecule has 0 N–H and O–H groups in total. The molecule has 1 amide bonds. The van der Waals surface area contributed by atoms with Gasteiger partial charge in [-0.2, -0.15) is 0 Å². The van der Waals surface area contributed by atoms with Crippen LogP contribution >= 0.6 is 23.4 Å². The van der Waals surface area contributed by atoms with Crippen molar-refractivity contribution in [1.29, 1.82) is 0 Å². The molecular formula is C19H19ClN6O3S. The van der Waals surface area contributed by atoms with Crippen molar-refractivity contribution in [1.82, 2.24) is 25.1 Å². The molecule has 0 radical (unpaired) electrons. The third kappa shape index (κ3) is 5.39. The van der Waals surface area contributed by atoms with Crippen LogP contribution in [0.3, 0.4) is 0 Å². The van der Waals surface area contributed by atoms with E-state index in [1.165, 1.54) is 11.8 Å². The van der Waals surface area contributed by atoms with Crippen LogP contribution in [0, 0.1) is 0 Å². The Hall–Kier alpha value is -2.85. The molecule has 4 rings (SSSR count). The summed E-state index contributed by atoms with van der Waals surface area (Å²) in [6.07, 6.45) is 5.05. The molecule has 3 heterocycles. The van der Waals surface area contributed by atoms with E-state index in [1.54, 1.807) is 42.9 Å². The van der Waals surface area contributed by atoms with Crippen LogP contribution in [0.5, 0.6) is 5.75 Å². The summed E-state index contributed by atoms with van der Waals surface area (Å²) >= 11 is 7.07. The molecule has 1 saturated heterocycles. The highest BCUT2D eigenvalue weighted by atomic mass is 35.5. The average molecular weight is 447 g/mol. The van der Waals surface area contributed by atoms with E-state index >= 15 is 0 Å². The monoisotopic (exact) mass is 446 g/mol. The zero-order chi connectivity index (χ0) is 20.8. The summed E-state index contributed by atoms with van der Waals surface area (Å²) in [6.45, 7) is 2.87. The number of aromatic nitrogens is 4. The molecule has 3 aromatic rings. The summed E-state index contributed by atoms with van der Waals surface area (Å²) in [7, 11) is 0. The number of halogens is 1. The maximum absolute atomic E-state index is 12.5. The van der Waals surface area contributed by atoms with Crippen molar-refractivity contribution in [2.24, 2.45) is 0 Å². The van der Waals surface area contributed by atoms with E-state index in [0.717, 1.165) is 18.9 Å². The maximum Gasteiger partial charge on any atom is 0.277 e. The van der Waals surface area contributed by atoms with Crippen LogP contribution < -0.4 is 9.64 Å². The van der Waals surface area contributed by atoms with Crippen LogP contribution in [0.25, 0.3) is 0 Å². The quantitative estimate of drug-likeness (QED) is 0.507. The minimum Gasteiger partial charge on any atom is -0.484 e. The van der Waals surface area contributed by atoms with Gasteiger partial charge in [-0.05, 0) is 24.3 Å². The van der Waals surface area contributed by atoms with Gasteiger partial charge >= 0.3 is 0 Å². The molecule has 1 aromatic carbocycles. The van der Waals surface area contributed by atoms with Gasteiger partial charge in [0.1, 0.15) is 11.6 Å². The van der Waals surface area contributed by atoms with Crippen molar-refractivity contribution in [3.8, 4) is 5.75 Å². The smallest absolute Gasteiger partial charge is 0.277 e. The van der Waals surface area contributed by atoms with E-state index < -0.39 is 0 Å². The minimum absolute atomic E-state index is 0.0379. The summed E-state index contributed by atoms with van der Waals surface area (Å²) < 4.78 is 11.1. The number of piperazine rings is 1. The number of anilines is 1. The second-order valence-electron chi connectivity index (χ2n) is 6.42. The molecule has 0 spiro atoms. The third-order valence-electron chi connectivity index (χ3n) is 4.45. The van der Waals surface area contributed by atoms with Gasteiger partial charge in [0.15, 0.2) is 6.61 Å². The Morgan fingerprint density at radius 3 is 2.67 bits per heavy atom. The molecule has 9 nitrogen and oxygen atoms in total. The fourth-order valence-electron chi connectivity index (χ4n) is 2.88. The highest BCUT2D eigenvalue weighted by molar-refractivity contribution is 7.99. The molecule has 11 heteroatoms. The van der Waals surface area contributed by atoms with Crippen molar-refractivity contribution in [2.45, 2.75) is 11.8 Å². The molecule has 0 saturated carbocycles. The number of hydrogen-bond acceptors (Lipinski definition) is 9. The lowest BCUT2D eigenvalue weighted by molar-refractivity contribution is -0.128. The molecule has 0 aliphatic carbocycles. The summed E-state index contributed by atoms with van der Waals surface area (Å²) in [5.41, 5.74) is 0. The Bertz CT molecular complexity index is 964. The Morgan fingerprint density at radius 1 is 1.13 bits per heavy atom. The second kappa shape index (κ2) is 9.77. The van der Waals surface area contributed by atoms with Gasteiger partial charge in [-0.3, -0.25) is 9.78 Å². The molecular weight excluding hydrogens is 428 g/mol. The lowest BCUT2D eigenvalue weighted by atomic mass is 10.3. The van der Waals surface area contributed by atoms with Gasteiger partial charge in [0.05, 0.1) is 11.9 Å². The van der Waals surface area contributed by atoms with Gasteiger partial charge in [0.25, 0.3) is 11.1 Å². The van der Waals surface area contributed by atoms with E-state index in [4.69, 9.17) is 20.8 Å². The van der Waals surface area contributed by atoms with Crippen molar-refractivity contribution in [3.05, 3.63) is 53.8 Å². The first kappa shape index (κ1) is 20.4. The molecule has 2 aromatic heterocycles. The minimum atomic E-state index is 0.0379. The van der Waals surface area contributed by atoms with Gasteiger partial charge < -0.3 is 19.0 Å². The maximum atomic E-state index is 12.5. The largest absolute Gasteiger partial charge is 0.484 e. The number of carbonyl (C=O) groups excluding carboxylic acids is 1. The van der Waals surface area contributed by atoms with Crippen molar-refractivity contribution < 1.29 is 13.9 Å². The number of ether oxygens (including phenoxy) is 1. The molecule has 0 unspecified atom stereocenters. The van der Waals surface area contributed by atoms with Gasteiger partial charge in [0, 0.05) is 43.6 Å². The van der Waals surface area contributed by atoms with Gasteiger partial charge in [0.2, 0.25) is 5.91 Å². The zero-order valence-corrected chi connectivity index (χ0v) is 17.6. The van der Waals surface area contributed by atoms with E-state index in [2.05, 4.69) is 25.1 Å². The Kier molecular flexibility index (Phi) is 6.65. The third-order valence-corrected chi connectivity index (χ3v) is 5.50. The predicted molar refractivity (Wildman–Crippen MR) is 112 cm³/mol. The van der Waals surface area contributed by atoms with E-state index in [0.29, 0.717) is 35.0 Å². The summed E-state index contributed by atoms with van der Waals surface area (Å²) in [5, 5.41) is 8.89. The van der Waals surface area contributed by atoms with Gasteiger partial charge in [-0.25, -0.2) is 4.98 Å². The normalized spacial score (nSPS) is 14.0. The molecule has 1 aliphatic rings. The second-order valence-corrected chi connectivity index (χ2v) is 7.79. The molecule has 1 fully saturated rings. The Labute approximate surface area is 182 Å². The Balaban J connectivity index is 1.20. The van der Waals surface area contributed by atoms with Crippen molar-refractivity contribution in [2.75, 3.05) is 36.8 Å². The SMILES string of the molecule is O=C(CSc1nnc(COc2ccc(Cl)cc2)o1)N1CCN(c2cnccn2)CC1. The zero-order valence-electron chi connectivity index (χ0n) is 16.0.